The molecule has 2 aromatic heterocycles. The highest BCUT2D eigenvalue weighted by Gasteiger charge is 2.28. The fraction of sp³-hybridized carbons (Fsp3) is 0. The van der Waals surface area contributed by atoms with Crippen molar-refractivity contribution >= 4 is 65.5 Å². The molecule has 2 heterocycles. The van der Waals surface area contributed by atoms with E-state index in [2.05, 4.69) is 138 Å². The number of thiazole rings is 1. The van der Waals surface area contributed by atoms with Gasteiger partial charge in [0.05, 0.1) is 27.3 Å². The largest absolute Gasteiger partial charge is 0.309 e. The van der Waals surface area contributed by atoms with Crippen LogP contribution in [0.5, 0.6) is 0 Å². The van der Waals surface area contributed by atoms with E-state index in [0.717, 1.165) is 10.7 Å². The minimum Gasteiger partial charge on any atom is -0.309 e. The van der Waals surface area contributed by atoms with E-state index in [4.69, 9.17) is 4.98 Å². The summed E-state index contributed by atoms with van der Waals surface area (Å²) in [6, 6.07) is 48.6. The van der Waals surface area contributed by atoms with Crippen LogP contribution in [-0.2, 0) is 0 Å². The summed E-state index contributed by atoms with van der Waals surface area (Å²) in [5, 5.41) is 11.4. The van der Waals surface area contributed by atoms with Gasteiger partial charge >= 0.3 is 0 Å². The van der Waals surface area contributed by atoms with Crippen molar-refractivity contribution in [2.75, 3.05) is 0 Å². The molecule has 0 fully saturated rings. The van der Waals surface area contributed by atoms with Crippen molar-refractivity contribution in [2.24, 2.45) is 0 Å². The van der Waals surface area contributed by atoms with Crippen LogP contribution in [0.2, 0.25) is 0 Å². The van der Waals surface area contributed by atoms with Crippen molar-refractivity contribution in [2.45, 2.75) is 0 Å². The van der Waals surface area contributed by atoms with Crippen LogP contribution in [0, 0.1) is 0 Å². The van der Waals surface area contributed by atoms with E-state index in [9.17, 15) is 0 Å². The number of hydrogen-bond donors (Lipinski definition) is 0. The van der Waals surface area contributed by atoms with Gasteiger partial charge in [-0.1, -0.05) is 115 Å². The van der Waals surface area contributed by atoms with Gasteiger partial charge in [-0.3, -0.25) is 0 Å². The van der Waals surface area contributed by atoms with E-state index in [1.807, 2.05) is 0 Å². The lowest BCUT2D eigenvalue weighted by atomic mass is 10.00. The summed E-state index contributed by atoms with van der Waals surface area (Å²) in [7, 11) is 0. The summed E-state index contributed by atoms with van der Waals surface area (Å²) in [4.78, 5) is 6.44. The minimum atomic E-state index is 1.08. The fourth-order valence-electron chi connectivity index (χ4n) is 7.17. The van der Waals surface area contributed by atoms with Crippen LogP contribution >= 0.6 is 11.3 Å². The summed E-state index contributed by atoms with van der Waals surface area (Å²) in [6.45, 7) is 0. The fourth-order valence-corrected chi connectivity index (χ4v) is 8.29. The Morgan fingerprint density at radius 1 is 0.476 bits per heavy atom. The van der Waals surface area contributed by atoms with Gasteiger partial charge in [-0.05, 0) is 39.7 Å². The number of fused-ring (bicyclic) bond motifs is 10. The smallest absolute Gasteiger partial charge is 0.124 e. The van der Waals surface area contributed by atoms with Crippen molar-refractivity contribution in [3.05, 3.63) is 133 Å². The van der Waals surface area contributed by atoms with Crippen LogP contribution in [0.25, 0.3) is 92.1 Å². The molecule has 0 radical (unpaired) electrons. The topological polar surface area (TPSA) is 17.8 Å². The summed E-state index contributed by atoms with van der Waals surface area (Å²) in [6.07, 6.45) is 0. The number of hydrogen-bond acceptors (Lipinski definition) is 2. The Labute approximate surface area is 245 Å². The first-order valence-corrected chi connectivity index (χ1v) is 15.1. The summed E-state index contributed by atoms with van der Waals surface area (Å²) in [5.74, 6) is 0. The third kappa shape index (κ3) is 2.85. The van der Waals surface area contributed by atoms with Gasteiger partial charge in [0.25, 0.3) is 0 Å². The zero-order chi connectivity index (χ0) is 27.4. The second-order valence-electron chi connectivity index (χ2n) is 11.1. The van der Waals surface area contributed by atoms with E-state index < -0.39 is 0 Å². The Morgan fingerprint density at radius 3 is 1.83 bits per heavy atom. The van der Waals surface area contributed by atoms with Crippen LogP contribution in [0.15, 0.2) is 133 Å². The van der Waals surface area contributed by atoms with Gasteiger partial charge in [-0.25, -0.2) is 4.98 Å². The van der Waals surface area contributed by atoms with Gasteiger partial charge in [0.1, 0.15) is 5.01 Å². The van der Waals surface area contributed by atoms with Crippen LogP contribution < -0.4 is 0 Å². The van der Waals surface area contributed by atoms with Crippen molar-refractivity contribution in [3.63, 3.8) is 0 Å². The van der Waals surface area contributed by atoms with Crippen LogP contribution in [0.4, 0.5) is 0 Å². The van der Waals surface area contributed by atoms with E-state index in [1.54, 1.807) is 11.3 Å². The van der Waals surface area contributed by atoms with Crippen LogP contribution in [0.3, 0.4) is 0 Å². The highest BCUT2D eigenvalue weighted by atomic mass is 32.1. The molecule has 1 aliphatic carbocycles. The van der Waals surface area contributed by atoms with E-state index >= 15 is 0 Å². The normalized spacial score (nSPS) is 12.3. The lowest BCUT2D eigenvalue weighted by Gasteiger charge is -2.13. The molecular formula is C39H22N2S. The van der Waals surface area contributed by atoms with Crippen molar-refractivity contribution in [1.82, 2.24) is 9.55 Å². The SMILES string of the molecule is c1ccc(-c2nc3c(s2)-c2cccc4c(-n5c6ccc7ccccc7c6c6c7ccccc7ccc65)ccc-3c24)cc1. The Kier molecular flexibility index (Phi) is 4.36. The maximum Gasteiger partial charge on any atom is 0.124 e. The van der Waals surface area contributed by atoms with Crippen LogP contribution in [0.1, 0.15) is 0 Å². The Hall–Kier alpha value is -5.25. The molecule has 0 atom stereocenters. The third-order valence-electron chi connectivity index (χ3n) is 8.95. The summed E-state index contributed by atoms with van der Waals surface area (Å²) >= 11 is 1.80. The van der Waals surface area contributed by atoms with Gasteiger partial charge in [0.15, 0.2) is 0 Å². The highest BCUT2D eigenvalue weighted by molar-refractivity contribution is 7.19. The molecule has 0 saturated carbocycles. The quantitative estimate of drug-likeness (QED) is 0.209. The minimum absolute atomic E-state index is 1.08. The zero-order valence-corrected chi connectivity index (χ0v) is 23.3. The number of rotatable bonds is 2. The predicted molar refractivity (Wildman–Crippen MR) is 179 cm³/mol. The lowest BCUT2D eigenvalue weighted by molar-refractivity contribution is 1.20. The molecule has 2 nitrogen and oxygen atoms in total. The molecular weight excluding hydrogens is 529 g/mol. The molecule has 3 heteroatoms. The van der Waals surface area contributed by atoms with E-state index in [-0.39, 0.29) is 0 Å². The van der Waals surface area contributed by atoms with Crippen molar-refractivity contribution in [1.29, 1.82) is 0 Å². The number of nitrogens with zero attached hydrogens (tertiary/aromatic N) is 2. The first kappa shape index (κ1) is 22.4. The molecule has 194 valence electrons. The lowest BCUT2D eigenvalue weighted by Crippen LogP contribution is -1.96. The van der Waals surface area contributed by atoms with Gasteiger partial charge < -0.3 is 4.57 Å². The van der Waals surface area contributed by atoms with Crippen molar-refractivity contribution < 1.29 is 0 Å². The molecule has 42 heavy (non-hydrogen) atoms. The molecule has 0 unspecified atom stereocenters. The molecule has 9 aromatic rings. The molecule has 0 N–H and O–H groups in total. The second kappa shape index (κ2) is 8.16. The van der Waals surface area contributed by atoms with Gasteiger partial charge in [0, 0.05) is 38.2 Å². The third-order valence-corrected chi connectivity index (χ3v) is 10.1. The maximum atomic E-state index is 5.17. The summed E-state index contributed by atoms with van der Waals surface area (Å²) in [5.41, 5.74) is 8.48. The molecule has 1 aliphatic rings. The maximum absolute atomic E-state index is 5.17. The number of benzene rings is 7. The number of aromatic nitrogens is 2. The molecule has 0 bridgehead atoms. The van der Waals surface area contributed by atoms with Crippen molar-refractivity contribution in [3.8, 4) is 38.0 Å². The van der Waals surface area contributed by atoms with E-state index in [1.165, 1.54) is 81.4 Å². The second-order valence-corrected chi connectivity index (χ2v) is 12.1. The standard InChI is InChI=1S/C39H22N2S/c1-2-11-25(12-3-1)39-40-37-29-19-22-31(28-15-8-16-30(34(28)29)38(37)42-39)41-32-20-17-23-9-4-6-13-26(23)35(32)36-27-14-7-5-10-24(27)18-21-33(36)41/h1-22H. The zero-order valence-electron chi connectivity index (χ0n) is 22.5. The molecule has 0 spiro atoms. The average molecular weight is 551 g/mol. The molecule has 7 aromatic carbocycles. The average Bonchev–Trinajstić information content (AvgIpc) is 3.73. The summed E-state index contributed by atoms with van der Waals surface area (Å²) < 4.78 is 2.49. The van der Waals surface area contributed by atoms with Gasteiger partial charge in [-0.15, -0.1) is 11.3 Å². The molecule has 0 aliphatic heterocycles. The monoisotopic (exact) mass is 550 g/mol. The first-order valence-electron chi connectivity index (χ1n) is 14.3. The predicted octanol–water partition coefficient (Wildman–Crippen LogP) is 11.0. The highest BCUT2D eigenvalue weighted by Crippen LogP contribution is 2.52. The van der Waals surface area contributed by atoms with Crippen LogP contribution in [-0.4, -0.2) is 9.55 Å². The first-order chi connectivity index (χ1) is 20.8. The molecule has 10 rings (SSSR count). The Morgan fingerprint density at radius 2 is 1.12 bits per heavy atom. The Bertz CT molecular complexity index is 2450. The Balaban J connectivity index is 1.31. The van der Waals surface area contributed by atoms with Gasteiger partial charge in [-0.2, -0.15) is 0 Å². The van der Waals surface area contributed by atoms with Gasteiger partial charge in [0.2, 0.25) is 0 Å². The van der Waals surface area contributed by atoms with E-state index in [0.29, 0.717) is 0 Å². The molecule has 0 saturated heterocycles. The molecule has 0 amide bonds.